The van der Waals surface area contributed by atoms with Crippen molar-refractivity contribution < 1.29 is 18.3 Å². The second-order valence-corrected chi connectivity index (χ2v) is 10.8. The zero-order valence-electron chi connectivity index (χ0n) is 18.3. The Labute approximate surface area is 203 Å². The van der Waals surface area contributed by atoms with E-state index in [4.69, 9.17) is 11.6 Å². The lowest BCUT2D eigenvalue weighted by Gasteiger charge is -2.37. The highest BCUT2D eigenvalue weighted by atomic mass is 35.5. The molecule has 8 heteroatoms. The van der Waals surface area contributed by atoms with E-state index in [1.165, 1.54) is 0 Å². The van der Waals surface area contributed by atoms with Crippen LogP contribution in [-0.2, 0) is 10.0 Å². The van der Waals surface area contributed by atoms with Crippen molar-refractivity contribution in [2.45, 2.75) is 30.2 Å². The molecule has 34 heavy (non-hydrogen) atoms. The molecule has 6 nitrogen and oxygen atoms in total. The Morgan fingerprint density at radius 1 is 1.09 bits per heavy atom. The number of halogens is 1. The highest BCUT2D eigenvalue weighted by Crippen LogP contribution is 2.50. The molecular formula is C26H23ClN2O4S. The number of hydrogen-bond donors (Lipinski definition) is 3. The van der Waals surface area contributed by atoms with Crippen molar-refractivity contribution in [1.82, 2.24) is 0 Å². The maximum atomic E-state index is 13.2. The molecule has 0 saturated carbocycles. The van der Waals surface area contributed by atoms with Crippen molar-refractivity contribution in [2.24, 2.45) is 5.92 Å². The first-order valence-corrected chi connectivity index (χ1v) is 12.8. The molecule has 0 spiro atoms. The first kappa shape index (κ1) is 22.5. The summed E-state index contributed by atoms with van der Waals surface area (Å²) in [6, 6.07) is 17.1. The van der Waals surface area contributed by atoms with Crippen molar-refractivity contribution in [3.05, 3.63) is 100 Å². The fourth-order valence-electron chi connectivity index (χ4n) is 4.85. The van der Waals surface area contributed by atoms with E-state index in [1.807, 2.05) is 12.1 Å². The average molecular weight is 495 g/mol. The summed E-state index contributed by atoms with van der Waals surface area (Å²) < 4.78 is 29.0. The lowest BCUT2D eigenvalue weighted by Crippen LogP contribution is -2.29. The highest BCUT2D eigenvalue weighted by Gasteiger charge is 2.38. The van der Waals surface area contributed by atoms with Crippen LogP contribution >= 0.6 is 11.6 Å². The molecule has 5 rings (SSSR count). The largest absolute Gasteiger partial charge is 0.478 e. The quantitative estimate of drug-likeness (QED) is 0.379. The van der Waals surface area contributed by atoms with Gasteiger partial charge in [-0.3, -0.25) is 4.72 Å². The molecule has 1 heterocycles. The summed E-state index contributed by atoms with van der Waals surface area (Å²) in [5, 5.41) is 13.3. The second-order valence-electron chi connectivity index (χ2n) is 8.72. The van der Waals surface area contributed by atoms with E-state index in [0.29, 0.717) is 10.7 Å². The maximum absolute atomic E-state index is 13.2. The summed E-state index contributed by atoms with van der Waals surface area (Å²) in [6.07, 6.45) is 5.11. The normalized spacial score (nSPS) is 20.8. The molecule has 1 aliphatic carbocycles. The smallest absolute Gasteiger partial charge is 0.335 e. The van der Waals surface area contributed by atoms with Gasteiger partial charge in [0, 0.05) is 16.6 Å². The Bertz CT molecular complexity index is 1420. The summed E-state index contributed by atoms with van der Waals surface area (Å²) in [5.41, 5.74) is 4.30. The molecule has 3 aromatic rings. The first-order chi connectivity index (χ1) is 16.2. The van der Waals surface area contributed by atoms with Crippen LogP contribution in [0.4, 0.5) is 11.4 Å². The van der Waals surface area contributed by atoms with E-state index < -0.39 is 16.0 Å². The Balaban J connectivity index is 1.47. The van der Waals surface area contributed by atoms with Gasteiger partial charge in [0.2, 0.25) is 0 Å². The number of sulfonamides is 1. The number of allylic oxidation sites excluding steroid dienone is 2. The molecular weight excluding hydrogens is 472 g/mol. The molecule has 0 unspecified atom stereocenters. The Morgan fingerprint density at radius 3 is 2.56 bits per heavy atom. The monoisotopic (exact) mass is 494 g/mol. The third-order valence-electron chi connectivity index (χ3n) is 6.59. The Morgan fingerprint density at radius 2 is 1.85 bits per heavy atom. The molecule has 3 atom stereocenters. The zero-order valence-corrected chi connectivity index (χ0v) is 19.9. The van der Waals surface area contributed by atoms with E-state index in [2.05, 4.69) is 22.2 Å². The molecule has 0 amide bonds. The zero-order chi connectivity index (χ0) is 24.0. The van der Waals surface area contributed by atoms with E-state index >= 15 is 0 Å². The number of hydrogen-bond acceptors (Lipinski definition) is 4. The number of carbonyl (C=O) groups is 1. The molecule has 0 saturated heterocycles. The number of nitrogens with one attached hydrogen (secondary N) is 2. The van der Waals surface area contributed by atoms with Gasteiger partial charge in [-0.15, -0.1) is 0 Å². The molecule has 2 aliphatic rings. The molecule has 0 radical (unpaired) electrons. The Hall–Kier alpha value is -3.29. The van der Waals surface area contributed by atoms with Gasteiger partial charge in [0.25, 0.3) is 10.0 Å². The number of carboxylic acids is 1. The molecule has 1 aliphatic heterocycles. The van der Waals surface area contributed by atoms with Gasteiger partial charge in [-0.1, -0.05) is 35.9 Å². The van der Waals surface area contributed by atoms with Crippen molar-refractivity contribution in [3.63, 3.8) is 0 Å². The van der Waals surface area contributed by atoms with E-state index in [0.717, 1.165) is 28.8 Å². The van der Waals surface area contributed by atoms with Crippen molar-refractivity contribution in [3.8, 4) is 0 Å². The van der Waals surface area contributed by atoms with E-state index in [9.17, 15) is 18.3 Å². The summed E-state index contributed by atoms with van der Waals surface area (Å²) in [6.45, 7) is 1.80. The third-order valence-corrected chi connectivity index (χ3v) is 8.19. The van der Waals surface area contributed by atoms with Crippen molar-refractivity contribution >= 4 is 39.0 Å². The van der Waals surface area contributed by atoms with Crippen LogP contribution in [0.25, 0.3) is 0 Å². The minimum atomic E-state index is -3.79. The molecule has 0 aromatic heterocycles. The van der Waals surface area contributed by atoms with Crippen LogP contribution in [0.3, 0.4) is 0 Å². The van der Waals surface area contributed by atoms with Crippen LogP contribution in [-0.4, -0.2) is 19.5 Å². The third kappa shape index (κ3) is 4.06. The molecule has 3 aromatic carbocycles. The van der Waals surface area contributed by atoms with Gasteiger partial charge in [-0.05, 0) is 84.5 Å². The van der Waals surface area contributed by atoms with Crippen LogP contribution in [0.5, 0.6) is 0 Å². The van der Waals surface area contributed by atoms with Crippen molar-refractivity contribution in [1.29, 1.82) is 0 Å². The summed E-state index contributed by atoms with van der Waals surface area (Å²) in [4.78, 5) is 11.4. The van der Waals surface area contributed by atoms with Crippen LogP contribution in [0.15, 0.2) is 77.7 Å². The number of aryl methyl sites for hydroxylation is 1. The van der Waals surface area contributed by atoms with Crippen LogP contribution in [0.2, 0.25) is 5.02 Å². The van der Waals surface area contributed by atoms with Crippen LogP contribution in [0, 0.1) is 12.8 Å². The van der Waals surface area contributed by atoms with Gasteiger partial charge in [0.1, 0.15) is 0 Å². The van der Waals surface area contributed by atoms with Crippen LogP contribution in [0.1, 0.15) is 45.4 Å². The first-order valence-electron chi connectivity index (χ1n) is 10.9. The van der Waals surface area contributed by atoms with Crippen molar-refractivity contribution in [2.75, 3.05) is 10.0 Å². The maximum Gasteiger partial charge on any atom is 0.335 e. The summed E-state index contributed by atoms with van der Waals surface area (Å²) >= 11 is 6.00. The molecule has 174 valence electrons. The van der Waals surface area contributed by atoms with Gasteiger partial charge in [0.05, 0.1) is 22.2 Å². The molecule has 3 N–H and O–H groups in total. The minimum Gasteiger partial charge on any atom is -0.478 e. The topological polar surface area (TPSA) is 95.5 Å². The number of carboxylic acid groups (broad SMARTS) is 1. The SMILES string of the molecule is Cc1cc(Cl)ccc1NS(=O)(=O)c1ccc2c(c1)[C@@H]1C=CC[C@@H]1[C@H](c1ccc(C(=O)O)cc1)N2. The standard InChI is InChI=1S/C26H23ClN2O4S/c1-15-13-18(27)9-11-23(15)29-34(32,33)19-10-12-24-22(14-19)20-3-2-4-21(20)25(28-24)16-5-7-17(8-6-16)26(30)31/h2-3,5-14,20-21,25,28-29H,4H2,1H3,(H,30,31)/t20-,21+,25+/m1/s1. The van der Waals surface area contributed by atoms with E-state index in [-0.39, 0.29) is 28.3 Å². The molecule has 0 fully saturated rings. The number of anilines is 2. The lowest BCUT2D eigenvalue weighted by atomic mass is 9.77. The molecule has 0 bridgehead atoms. The van der Waals surface area contributed by atoms with Gasteiger partial charge in [0.15, 0.2) is 0 Å². The number of fused-ring (bicyclic) bond motifs is 3. The Kier molecular flexibility index (Phi) is 5.62. The fraction of sp³-hybridized carbons (Fsp3) is 0.192. The van der Waals surface area contributed by atoms with Gasteiger partial charge in [-0.2, -0.15) is 0 Å². The lowest BCUT2D eigenvalue weighted by molar-refractivity contribution is 0.0697. The summed E-state index contributed by atoms with van der Waals surface area (Å²) in [5.74, 6) is -0.689. The van der Waals surface area contributed by atoms with Gasteiger partial charge in [-0.25, -0.2) is 13.2 Å². The average Bonchev–Trinajstić information content (AvgIpc) is 3.30. The van der Waals surface area contributed by atoms with Gasteiger partial charge < -0.3 is 10.4 Å². The fourth-order valence-corrected chi connectivity index (χ4v) is 6.24. The van der Waals surface area contributed by atoms with E-state index in [1.54, 1.807) is 55.5 Å². The summed E-state index contributed by atoms with van der Waals surface area (Å²) in [7, 11) is -3.79. The van der Waals surface area contributed by atoms with Gasteiger partial charge >= 0.3 is 5.97 Å². The highest BCUT2D eigenvalue weighted by molar-refractivity contribution is 7.92. The van der Waals surface area contributed by atoms with Crippen LogP contribution < -0.4 is 10.0 Å². The minimum absolute atomic E-state index is 0.00681. The number of benzene rings is 3. The second kappa shape index (κ2) is 8.49. The number of aromatic carboxylic acids is 1. The number of rotatable bonds is 5. The predicted molar refractivity (Wildman–Crippen MR) is 133 cm³/mol. The predicted octanol–water partition coefficient (Wildman–Crippen LogP) is 5.97.